The Kier molecular flexibility index (Phi) is 7.13. The quantitative estimate of drug-likeness (QED) is 0.586. The van der Waals surface area contributed by atoms with Crippen molar-refractivity contribution in [2.75, 3.05) is 57.3 Å². The van der Waals surface area contributed by atoms with Crippen LogP contribution >= 0.6 is 0 Å². The summed E-state index contributed by atoms with van der Waals surface area (Å²) in [4.78, 5) is 21.1. The lowest BCUT2D eigenvalue weighted by atomic mass is 10.1. The average molecular weight is 408 g/mol. The number of guanidine groups is 1. The minimum Gasteiger partial charge on any atom is -0.357 e. The summed E-state index contributed by atoms with van der Waals surface area (Å²) in [7, 11) is 0. The number of likely N-dealkylation sites (tertiary alicyclic amines) is 1. The molecule has 7 heteroatoms. The van der Waals surface area contributed by atoms with Crippen LogP contribution in [0.1, 0.15) is 31.4 Å². The largest absolute Gasteiger partial charge is 0.357 e. The highest BCUT2D eigenvalue weighted by Crippen LogP contribution is 2.25. The first-order chi connectivity index (χ1) is 14.8. The van der Waals surface area contributed by atoms with Crippen LogP contribution in [-0.4, -0.2) is 78.1 Å². The molecule has 2 aromatic rings. The van der Waals surface area contributed by atoms with Crippen molar-refractivity contribution in [3.8, 4) is 0 Å². The van der Waals surface area contributed by atoms with Gasteiger partial charge in [0, 0.05) is 45.1 Å². The highest BCUT2D eigenvalue weighted by atomic mass is 15.4. The summed E-state index contributed by atoms with van der Waals surface area (Å²) in [5.74, 6) is 1.84. The first-order valence-electron chi connectivity index (χ1n) is 11.2. The molecule has 7 nitrogen and oxygen atoms in total. The van der Waals surface area contributed by atoms with E-state index in [0.717, 1.165) is 51.2 Å². The van der Waals surface area contributed by atoms with Gasteiger partial charge in [-0.2, -0.15) is 0 Å². The van der Waals surface area contributed by atoms with Crippen molar-refractivity contribution >= 4 is 11.9 Å². The summed E-state index contributed by atoms with van der Waals surface area (Å²) in [6, 6.07) is 13.1. The second-order valence-corrected chi connectivity index (χ2v) is 7.89. The SMILES string of the molecule is CCNC(=NCC(c1ccccc1)N1CCCC1)N1CCN(c2ncccn2)CC1. The van der Waals surface area contributed by atoms with Crippen LogP contribution in [0.4, 0.5) is 5.95 Å². The van der Waals surface area contributed by atoms with E-state index in [4.69, 9.17) is 4.99 Å². The first-order valence-corrected chi connectivity index (χ1v) is 11.2. The molecular weight excluding hydrogens is 374 g/mol. The van der Waals surface area contributed by atoms with Gasteiger partial charge in [0.2, 0.25) is 5.95 Å². The predicted molar refractivity (Wildman–Crippen MR) is 122 cm³/mol. The van der Waals surface area contributed by atoms with E-state index in [0.29, 0.717) is 6.04 Å². The minimum atomic E-state index is 0.348. The molecule has 0 aliphatic carbocycles. The molecule has 0 spiro atoms. The Bertz CT molecular complexity index is 782. The zero-order valence-electron chi connectivity index (χ0n) is 18.0. The van der Waals surface area contributed by atoms with Crippen molar-refractivity contribution in [2.24, 2.45) is 4.99 Å². The molecule has 2 aliphatic heterocycles. The van der Waals surface area contributed by atoms with Crippen LogP contribution in [0.15, 0.2) is 53.8 Å². The molecule has 1 aromatic heterocycles. The molecular formula is C23H33N7. The molecule has 2 fully saturated rings. The van der Waals surface area contributed by atoms with Gasteiger partial charge in [-0.1, -0.05) is 30.3 Å². The summed E-state index contributed by atoms with van der Waals surface area (Å²) in [5.41, 5.74) is 1.37. The van der Waals surface area contributed by atoms with Gasteiger partial charge in [-0.25, -0.2) is 9.97 Å². The topological polar surface area (TPSA) is 59.9 Å². The molecule has 1 atom stereocenters. The van der Waals surface area contributed by atoms with Gasteiger partial charge in [0.15, 0.2) is 5.96 Å². The lowest BCUT2D eigenvalue weighted by Gasteiger charge is -2.36. The fraction of sp³-hybridized carbons (Fsp3) is 0.522. The van der Waals surface area contributed by atoms with Crippen LogP contribution in [0, 0.1) is 0 Å². The number of anilines is 1. The van der Waals surface area contributed by atoms with E-state index < -0.39 is 0 Å². The van der Waals surface area contributed by atoms with Crippen LogP contribution in [0.25, 0.3) is 0 Å². The van der Waals surface area contributed by atoms with Crippen molar-refractivity contribution in [3.05, 3.63) is 54.4 Å². The smallest absolute Gasteiger partial charge is 0.225 e. The molecule has 0 bridgehead atoms. The number of nitrogens with one attached hydrogen (secondary N) is 1. The Labute approximate surface area is 179 Å². The van der Waals surface area contributed by atoms with Crippen LogP contribution in [0.5, 0.6) is 0 Å². The zero-order valence-corrected chi connectivity index (χ0v) is 18.0. The third-order valence-corrected chi connectivity index (χ3v) is 5.93. The number of hydrogen-bond acceptors (Lipinski definition) is 5. The van der Waals surface area contributed by atoms with Gasteiger partial charge in [0.05, 0.1) is 12.6 Å². The second-order valence-electron chi connectivity index (χ2n) is 7.89. The van der Waals surface area contributed by atoms with E-state index in [9.17, 15) is 0 Å². The van der Waals surface area contributed by atoms with Gasteiger partial charge in [-0.3, -0.25) is 9.89 Å². The van der Waals surface area contributed by atoms with Crippen molar-refractivity contribution in [3.63, 3.8) is 0 Å². The lowest BCUT2D eigenvalue weighted by Crippen LogP contribution is -2.53. The number of aliphatic imine (C=N–C) groups is 1. The van der Waals surface area contributed by atoms with Gasteiger partial charge in [-0.15, -0.1) is 0 Å². The third-order valence-electron chi connectivity index (χ3n) is 5.93. The Morgan fingerprint density at radius 1 is 0.967 bits per heavy atom. The molecule has 1 unspecified atom stereocenters. The van der Waals surface area contributed by atoms with Crippen LogP contribution < -0.4 is 10.2 Å². The molecule has 0 amide bonds. The number of nitrogens with zero attached hydrogens (tertiary/aromatic N) is 6. The predicted octanol–water partition coefficient (Wildman–Crippen LogP) is 2.40. The monoisotopic (exact) mass is 407 g/mol. The van der Waals surface area contributed by atoms with Gasteiger partial charge in [-0.05, 0) is 44.5 Å². The average Bonchev–Trinajstić information content (AvgIpc) is 3.35. The normalized spacial score (nSPS) is 19.2. The van der Waals surface area contributed by atoms with Crippen molar-refractivity contribution in [1.29, 1.82) is 0 Å². The third kappa shape index (κ3) is 5.08. The first kappa shape index (κ1) is 20.6. The fourth-order valence-electron chi connectivity index (χ4n) is 4.33. The molecule has 2 saturated heterocycles. The number of aromatic nitrogens is 2. The lowest BCUT2D eigenvalue weighted by molar-refractivity contribution is 0.250. The Hall–Kier alpha value is -2.67. The van der Waals surface area contributed by atoms with E-state index >= 15 is 0 Å². The van der Waals surface area contributed by atoms with Crippen molar-refractivity contribution < 1.29 is 0 Å². The Morgan fingerprint density at radius 2 is 1.67 bits per heavy atom. The molecule has 0 radical (unpaired) electrons. The van der Waals surface area contributed by atoms with E-state index in [1.54, 1.807) is 0 Å². The summed E-state index contributed by atoms with van der Waals surface area (Å²) in [6.07, 6.45) is 6.19. The number of benzene rings is 1. The number of rotatable bonds is 6. The molecule has 2 aliphatic rings. The van der Waals surface area contributed by atoms with E-state index in [1.807, 2.05) is 18.5 Å². The Balaban J connectivity index is 1.44. The fourth-order valence-corrected chi connectivity index (χ4v) is 4.33. The van der Waals surface area contributed by atoms with Gasteiger partial charge in [0.1, 0.15) is 0 Å². The molecule has 3 heterocycles. The molecule has 0 saturated carbocycles. The van der Waals surface area contributed by atoms with Gasteiger partial charge < -0.3 is 15.1 Å². The molecule has 4 rings (SSSR count). The van der Waals surface area contributed by atoms with Crippen LogP contribution in [0.2, 0.25) is 0 Å². The highest BCUT2D eigenvalue weighted by molar-refractivity contribution is 5.80. The van der Waals surface area contributed by atoms with E-state index in [2.05, 4.69) is 67.2 Å². The van der Waals surface area contributed by atoms with Crippen molar-refractivity contribution in [1.82, 2.24) is 25.1 Å². The van der Waals surface area contributed by atoms with E-state index in [-0.39, 0.29) is 0 Å². The van der Waals surface area contributed by atoms with Crippen LogP contribution in [0.3, 0.4) is 0 Å². The van der Waals surface area contributed by atoms with Gasteiger partial charge in [0.25, 0.3) is 0 Å². The summed E-state index contributed by atoms with van der Waals surface area (Å²) >= 11 is 0. The summed E-state index contributed by atoms with van der Waals surface area (Å²) < 4.78 is 0. The highest BCUT2D eigenvalue weighted by Gasteiger charge is 2.25. The Morgan fingerprint density at radius 3 is 2.33 bits per heavy atom. The zero-order chi connectivity index (χ0) is 20.6. The summed E-state index contributed by atoms with van der Waals surface area (Å²) in [5, 5.41) is 3.51. The molecule has 30 heavy (non-hydrogen) atoms. The van der Waals surface area contributed by atoms with E-state index in [1.165, 1.54) is 31.5 Å². The maximum absolute atomic E-state index is 5.10. The maximum atomic E-state index is 5.10. The van der Waals surface area contributed by atoms with Crippen LogP contribution in [-0.2, 0) is 0 Å². The van der Waals surface area contributed by atoms with Gasteiger partial charge >= 0.3 is 0 Å². The second kappa shape index (κ2) is 10.4. The molecule has 160 valence electrons. The minimum absolute atomic E-state index is 0.348. The maximum Gasteiger partial charge on any atom is 0.225 e. The number of hydrogen-bond donors (Lipinski definition) is 1. The molecule has 1 N–H and O–H groups in total. The number of piperazine rings is 1. The standard InChI is InChI=1S/C23H33N7/c1-2-24-22(29-15-17-30(18-16-29)23-25-11-8-12-26-23)27-19-21(28-13-6-7-14-28)20-9-4-3-5-10-20/h3-5,8-12,21H,2,6-7,13-19H2,1H3,(H,24,27). The summed E-state index contributed by atoms with van der Waals surface area (Å²) in [6.45, 7) is 9.79. The molecule has 1 aromatic carbocycles. The van der Waals surface area contributed by atoms with Crippen molar-refractivity contribution in [2.45, 2.75) is 25.8 Å².